The van der Waals surface area contributed by atoms with Crippen molar-refractivity contribution in [2.45, 2.75) is 6.42 Å². The average Bonchev–Trinajstić information content (AvgIpc) is 2.15. The summed E-state index contributed by atoms with van der Waals surface area (Å²) in [6.45, 7) is 3.73. The monoisotopic (exact) mass is 201 g/mol. The second kappa shape index (κ2) is 5.56. The second-order valence-corrected chi connectivity index (χ2v) is 3.12. The fraction of sp³-hybridized carbons (Fsp3) is 0.750. The van der Waals surface area contributed by atoms with Crippen LogP contribution in [-0.2, 0) is 9.53 Å². The molecule has 1 heterocycles. The van der Waals surface area contributed by atoms with Gasteiger partial charge in [0.15, 0.2) is 0 Å². The molecule has 0 unspecified atom stereocenters. The van der Waals surface area contributed by atoms with Gasteiger partial charge in [-0.2, -0.15) is 0 Å². The van der Waals surface area contributed by atoms with E-state index in [1.807, 2.05) is 5.32 Å². The number of carbonyl (C=O) groups excluding carboxylic acids is 2. The third-order valence-electron chi connectivity index (χ3n) is 2.02. The number of amides is 3. The van der Waals surface area contributed by atoms with Crippen LogP contribution in [0.1, 0.15) is 6.42 Å². The topological polar surface area (TPSA) is 84.7 Å². The maximum atomic E-state index is 11.0. The van der Waals surface area contributed by atoms with E-state index in [2.05, 4.69) is 4.90 Å². The highest BCUT2D eigenvalue weighted by Crippen LogP contribution is 1.97. The van der Waals surface area contributed by atoms with Gasteiger partial charge in [0, 0.05) is 26.1 Å². The lowest BCUT2D eigenvalue weighted by molar-refractivity contribution is -0.120. The number of hydrogen-bond donors (Lipinski definition) is 2. The summed E-state index contributed by atoms with van der Waals surface area (Å²) in [6.07, 6.45) is 0.295. The van der Waals surface area contributed by atoms with E-state index in [0.717, 1.165) is 13.1 Å². The fourth-order valence-corrected chi connectivity index (χ4v) is 1.28. The summed E-state index contributed by atoms with van der Waals surface area (Å²) in [7, 11) is 0. The SMILES string of the molecule is NC(=O)NC(=O)CCN1CCOCC1. The van der Waals surface area contributed by atoms with Gasteiger partial charge in [0.2, 0.25) is 5.91 Å². The Morgan fingerprint density at radius 2 is 2.00 bits per heavy atom. The van der Waals surface area contributed by atoms with Crippen LogP contribution in [0, 0.1) is 0 Å². The molecule has 0 aromatic heterocycles. The van der Waals surface area contributed by atoms with Crippen LogP contribution in [-0.4, -0.2) is 49.7 Å². The standard InChI is InChI=1S/C8H15N3O3/c9-8(13)10-7(12)1-2-11-3-5-14-6-4-11/h1-6H2,(H3,9,10,12,13). The van der Waals surface area contributed by atoms with Crippen LogP contribution in [0.15, 0.2) is 0 Å². The number of imide groups is 1. The number of morpholine rings is 1. The van der Waals surface area contributed by atoms with Crippen LogP contribution in [0.2, 0.25) is 0 Å². The predicted molar refractivity (Wildman–Crippen MR) is 49.6 cm³/mol. The minimum absolute atomic E-state index is 0.295. The molecule has 1 aliphatic heterocycles. The van der Waals surface area contributed by atoms with Gasteiger partial charge in [0.25, 0.3) is 0 Å². The van der Waals surface area contributed by atoms with Crippen molar-refractivity contribution in [3.63, 3.8) is 0 Å². The van der Waals surface area contributed by atoms with E-state index in [1.54, 1.807) is 0 Å². The van der Waals surface area contributed by atoms with Gasteiger partial charge in [-0.25, -0.2) is 4.79 Å². The molecule has 0 aromatic rings. The van der Waals surface area contributed by atoms with Crippen LogP contribution in [0.5, 0.6) is 0 Å². The first-order chi connectivity index (χ1) is 6.68. The summed E-state index contributed by atoms with van der Waals surface area (Å²) < 4.78 is 5.15. The zero-order valence-corrected chi connectivity index (χ0v) is 7.99. The fourth-order valence-electron chi connectivity index (χ4n) is 1.28. The third-order valence-corrected chi connectivity index (χ3v) is 2.02. The summed E-state index contributed by atoms with van der Waals surface area (Å²) in [5, 5.41) is 2.02. The quantitative estimate of drug-likeness (QED) is 0.607. The molecule has 0 atom stereocenters. The van der Waals surface area contributed by atoms with E-state index < -0.39 is 6.03 Å². The Hall–Kier alpha value is -1.14. The minimum Gasteiger partial charge on any atom is -0.379 e. The number of primary amides is 1. The number of nitrogens with zero attached hydrogens (tertiary/aromatic N) is 1. The summed E-state index contributed by atoms with van der Waals surface area (Å²) in [5.41, 5.74) is 4.80. The van der Waals surface area contributed by atoms with Crippen molar-refractivity contribution in [2.75, 3.05) is 32.8 Å². The molecule has 14 heavy (non-hydrogen) atoms. The van der Waals surface area contributed by atoms with E-state index in [1.165, 1.54) is 0 Å². The first-order valence-electron chi connectivity index (χ1n) is 4.58. The molecule has 1 rings (SSSR count). The molecule has 1 fully saturated rings. The molecule has 0 aromatic carbocycles. The molecule has 6 heteroatoms. The van der Waals surface area contributed by atoms with Crippen LogP contribution in [0.3, 0.4) is 0 Å². The predicted octanol–water partition coefficient (Wildman–Crippen LogP) is -1.10. The normalized spacial score (nSPS) is 17.7. The Bertz CT molecular complexity index is 214. The van der Waals surface area contributed by atoms with E-state index in [0.29, 0.717) is 26.2 Å². The molecule has 3 amide bonds. The minimum atomic E-state index is -0.794. The van der Waals surface area contributed by atoms with Crippen LogP contribution >= 0.6 is 0 Å². The highest BCUT2D eigenvalue weighted by atomic mass is 16.5. The number of hydrogen-bond acceptors (Lipinski definition) is 4. The van der Waals surface area contributed by atoms with Crippen molar-refractivity contribution >= 4 is 11.9 Å². The highest BCUT2D eigenvalue weighted by molar-refractivity contribution is 5.93. The average molecular weight is 201 g/mol. The van der Waals surface area contributed by atoms with Crippen LogP contribution in [0.25, 0.3) is 0 Å². The molecule has 0 radical (unpaired) electrons. The van der Waals surface area contributed by atoms with Crippen molar-refractivity contribution in [3.8, 4) is 0 Å². The van der Waals surface area contributed by atoms with Crippen LogP contribution < -0.4 is 11.1 Å². The number of urea groups is 1. The van der Waals surface area contributed by atoms with Gasteiger partial charge < -0.3 is 10.5 Å². The molecule has 1 saturated heterocycles. The van der Waals surface area contributed by atoms with Gasteiger partial charge in [-0.15, -0.1) is 0 Å². The number of nitrogens with two attached hydrogens (primary N) is 1. The Morgan fingerprint density at radius 3 is 2.57 bits per heavy atom. The number of rotatable bonds is 3. The van der Waals surface area contributed by atoms with Crippen molar-refractivity contribution in [3.05, 3.63) is 0 Å². The van der Waals surface area contributed by atoms with Crippen molar-refractivity contribution in [1.82, 2.24) is 10.2 Å². The van der Waals surface area contributed by atoms with E-state index in [9.17, 15) is 9.59 Å². The lowest BCUT2D eigenvalue weighted by atomic mass is 10.3. The van der Waals surface area contributed by atoms with Crippen molar-refractivity contribution in [2.24, 2.45) is 5.73 Å². The highest BCUT2D eigenvalue weighted by Gasteiger charge is 2.12. The molecular formula is C8H15N3O3. The first-order valence-corrected chi connectivity index (χ1v) is 4.58. The lowest BCUT2D eigenvalue weighted by Crippen LogP contribution is -2.40. The Labute approximate surface area is 82.4 Å². The zero-order valence-electron chi connectivity index (χ0n) is 7.99. The third kappa shape index (κ3) is 4.20. The van der Waals surface area contributed by atoms with E-state index in [-0.39, 0.29) is 5.91 Å². The molecule has 0 spiro atoms. The first kappa shape index (κ1) is 10.9. The maximum Gasteiger partial charge on any atom is 0.318 e. The number of carbonyl (C=O) groups is 2. The molecule has 0 saturated carbocycles. The second-order valence-electron chi connectivity index (χ2n) is 3.12. The molecule has 1 aliphatic rings. The summed E-state index contributed by atoms with van der Waals surface area (Å²) in [5.74, 6) is -0.330. The molecule has 0 bridgehead atoms. The Kier molecular flexibility index (Phi) is 4.34. The van der Waals surface area contributed by atoms with Crippen molar-refractivity contribution < 1.29 is 14.3 Å². The van der Waals surface area contributed by atoms with Gasteiger partial charge in [0.1, 0.15) is 0 Å². The maximum absolute atomic E-state index is 11.0. The largest absolute Gasteiger partial charge is 0.379 e. The van der Waals surface area contributed by atoms with Crippen molar-refractivity contribution in [1.29, 1.82) is 0 Å². The molecule has 3 N–H and O–H groups in total. The number of ether oxygens (including phenoxy) is 1. The van der Waals surface area contributed by atoms with Gasteiger partial charge in [-0.05, 0) is 0 Å². The van der Waals surface area contributed by atoms with Gasteiger partial charge in [-0.3, -0.25) is 15.0 Å². The van der Waals surface area contributed by atoms with Gasteiger partial charge >= 0.3 is 6.03 Å². The molecule has 80 valence electrons. The summed E-state index contributed by atoms with van der Waals surface area (Å²) in [6, 6.07) is -0.794. The Morgan fingerprint density at radius 1 is 1.36 bits per heavy atom. The van der Waals surface area contributed by atoms with Crippen LogP contribution in [0.4, 0.5) is 4.79 Å². The number of nitrogens with one attached hydrogen (secondary N) is 1. The van der Waals surface area contributed by atoms with E-state index >= 15 is 0 Å². The Balaban J connectivity index is 2.12. The lowest BCUT2D eigenvalue weighted by Gasteiger charge is -2.25. The van der Waals surface area contributed by atoms with Gasteiger partial charge in [0.05, 0.1) is 13.2 Å². The summed E-state index contributed by atoms with van der Waals surface area (Å²) in [4.78, 5) is 23.5. The summed E-state index contributed by atoms with van der Waals surface area (Å²) >= 11 is 0. The molecule has 6 nitrogen and oxygen atoms in total. The van der Waals surface area contributed by atoms with E-state index in [4.69, 9.17) is 10.5 Å². The van der Waals surface area contributed by atoms with Gasteiger partial charge in [-0.1, -0.05) is 0 Å². The smallest absolute Gasteiger partial charge is 0.318 e. The molecular weight excluding hydrogens is 186 g/mol. The zero-order chi connectivity index (χ0) is 10.4. The molecule has 0 aliphatic carbocycles.